The van der Waals surface area contributed by atoms with E-state index < -0.39 is 0 Å². The van der Waals surface area contributed by atoms with Gasteiger partial charge >= 0.3 is 0 Å². The molecule has 0 saturated carbocycles. The number of nitrogens with one attached hydrogen (secondary N) is 3. The zero-order valence-corrected chi connectivity index (χ0v) is 19.5. The summed E-state index contributed by atoms with van der Waals surface area (Å²) in [6, 6.07) is 18.2. The maximum Gasteiger partial charge on any atom is 0.243 e. The van der Waals surface area contributed by atoms with Crippen molar-refractivity contribution in [2.75, 3.05) is 5.32 Å². The highest BCUT2D eigenvalue weighted by Crippen LogP contribution is 2.25. The predicted molar refractivity (Wildman–Crippen MR) is 134 cm³/mol. The van der Waals surface area contributed by atoms with Crippen LogP contribution in [-0.2, 0) is 16.1 Å². The van der Waals surface area contributed by atoms with Gasteiger partial charge in [0, 0.05) is 31.0 Å². The number of aromatic nitrogens is 4. The molecule has 0 aliphatic rings. The highest BCUT2D eigenvalue weighted by Gasteiger charge is 2.10. The molecule has 35 heavy (non-hydrogen) atoms. The number of carbonyl (C=O) groups excluding carboxylic acids is 2. The minimum atomic E-state index is -0.361. The number of aromatic amines is 1. The van der Waals surface area contributed by atoms with E-state index in [1.807, 2.05) is 42.7 Å². The highest BCUT2D eigenvalue weighted by atomic mass is 16.5. The Morgan fingerprint density at radius 1 is 0.914 bits per heavy atom. The van der Waals surface area contributed by atoms with E-state index in [-0.39, 0.29) is 11.8 Å². The molecular formula is C26H30N6O3. The molecule has 0 aliphatic carbocycles. The second-order valence-corrected chi connectivity index (χ2v) is 8.58. The molecule has 9 nitrogen and oxygen atoms in total. The van der Waals surface area contributed by atoms with Crippen molar-refractivity contribution in [1.29, 1.82) is 0 Å². The Kier molecular flexibility index (Phi) is 8.24. The molecule has 2 aromatic heterocycles. The fourth-order valence-corrected chi connectivity index (χ4v) is 4.03. The van der Waals surface area contributed by atoms with Gasteiger partial charge in [-0.25, -0.2) is 10.5 Å². The fraction of sp³-hybridized carbons (Fsp3) is 0.308. The van der Waals surface area contributed by atoms with Crippen LogP contribution in [0.2, 0.25) is 0 Å². The van der Waals surface area contributed by atoms with Crippen molar-refractivity contribution in [3.8, 4) is 11.3 Å². The van der Waals surface area contributed by atoms with Gasteiger partial charge in [0.05, 0.1) is 23.1 Å². The quantitative estimate of drug-likeness (QED) is 0.135. The molecule has 2 amide bonds. The molecule has 9 heteroatoms. The van der Waals surface area contributed by atoms with E-state index in [0.29, 0.717) is 18.7 Å². The Morgan fingerprint density at radius 2 is 1.66 bits per heavy atom. The number of rotatable bonds is 12. The van der Waals surface area contributed by atoms with Crippen molar-refractivity contribution in [3.63, 3.8) is 0 Å². The number of hydrogen-bond donors (Lipinski definition) is 4. The lowest BCUT2D eigenvalue weighted by molar-refractivity contribution is -0.129. The number of imidazole rings is 1. The number of fused-ring (bicyclic) bond motifs is 1. The maximum absolute atomic E-state index is 12.3. The third kappa shape index (κ3) is 6.77. The molecule has 0 radical (unpaired) electrons. The highest BCUT2D eigenvalue weighted by molar-refractivity contribution is 5.90. The lowest BCUT2D eigenvalue weighted by Crippen LogP contribution is -2.17. The molecule has 0 atom stereocenters. The van der Waals surface area contributed by atoms with Crippen LogP contribution in [0.5, 0.6) is 0 Å². The summed E-state index contributed by atoms with van der Waals surface area (Å²) in [5.74, 6) is 0.0671. The van der Waals surface area contributed by atoms with Crippen molar-refractivity contribution in [2.24, 2.45) is 0 Å². The maximum atomic E-state index is 12.3. The average Bonchev–Trinajstić information content (AvgIpc) is 3.50. The number of nitrogens with zero attached hydrogens (tertiary/aromatic N) is 3. The summed E-state index contributed by atoms with van der Waals surface area (Å²) in [4.78, 5) is 27.7. The molecule has 182 valence electrons. The zero-order chi connectivity index (χ0) is 24.5. The van der Waals surface area contributed by atoms with Gasteiger partial charge in [0.25, 0.3) is 0 Å². The van der Waals surface area contributed by atoms with Crippen molar-refractivity contribution in [3.05, 3.63) is 66.5 Å². The van der Waals surface area contributed by atoms with Gasteiger partial charge in [-0.2, -0.15) is 5.10 Å². The molecule has 4 N–H and O–H groups in total. The third-order valence-corrected chi connectivity index (χ3v) is 5.91. The first-order valence-electron chi connectivity index (χ1n) is 11.9. The van der Waals surface area contributed by atoms with Crippen LogP contribution in [0.15, 0.2) is 60.9 Å². The predicted octanol–water partition coefficient (Wildman–Crippen LogP) is 4.65. The number of anilines is 1. The smallest absolute Gasteiger partial charge is 0.243 e. The number of hydrogen-bond acceptors (Lipinski definition) is 5. The van der Waals surface area contributed by atoms with Crippen LogP contribution in [0.1, 0.15) is 50.5 Å². The molecule has 4 rings (SSSR count). The second-order valence-electron chi connectivity index (χ2n) is 8.58. The summed E-state index contributed by atoms with van der Waals surface area (Å²) in [7, 11) is 0. The monoisotopic (exact) mass is 474 g/mol. The minimum absolute atomic E-state index is 0.0703. The Labute approximate surface area is 203 Å². The van der Waals surface area contributed by atoms with Crippen molar-refractivity contribution >= 4 is 28.7 Å². The van der Waals surface area contributed by atoms with Crippen molar-refractivity contribution < 1.29 is 14.8 Å². The van der Waals surface area contributed by atoms with Gasteiger partial charge in [0.2, 0.25) is 11.8 Å². The van der Waals surface area contributed by atoms with Crippen molar-refractivity contribution in [2.45, 2.75) is 51.5 Å². The van der Waals surface area contributed by atoms with E-state index in [1.165, 1.54) is 5.56 Å². The lowest BCUT2D eigenvalue weighted by atomic mass is 10.1. The van der Waals surface area contributed by atoms with E-state index in [2.05, 4.69) is 43.3 Å². The molecule has 0 aliphatic heterocycles. The third-order valence-electron chi connectivity index (χ3n) is 5.91. The number of amides is 2. The van der Waals surface area contributed by atoms with Crippen LogP contribution >= 0.6 is 0 Å². The summed E-state index contributed by atoms with van der Waals surface area (Å²) in [5.41, 5.74) is 6.58. The van der Waals surface area contributed by atoms with Crippen molar-refractivity contribution in [1.82, 2.24) is 25.2 Å². The first-order valence-corrected chi connectivity index (χ1v) is 11.9. The minimum Gasteiger partial charge on any atom is -0.326 e. The molecule has 2 aromatic carbocycles. The molecule has 0 bridgehead atoms. The fourth-order valence-electron chi connectivity index (χ4n) is 4.03. The zero-order valence-electron chi connectivity index (χ0n) is 19.5. The van der Waals surface area contributed by atoms with E-state index >= 15 is 0 Å². The summed E-state index contributed by atoms with van der Waals surface area (Å²) in [5, 5.41) is 18.6. The summed E-state index contributed by atoms with van der Waals surface area (Å²) in [6.45, 7) is 0.739. The summed E-state index contributed by atoms with van der Waals surface area (Å²) >= 11 is 0. The first-order chi connectivity index (χ1) is 17.1. The molecule has 0 fully saturated rings. The molecular weight excluding hydrogens is 444 g/mol. The summed E-state index contributed by atoms with van der Waals surface area (Å²) in [6.07, 6.45) is 6.85. The van der Waals surface area contributed by atoms with Gasteiger partial charge in [0.15, 0.2) is 5.82 Å². The van der Waals surface area contributed by atoms with E-state index in [4.69, 9.17) is 5.21 Å². The van der Waals surface area contributed by atoms with Gasteiger partial charge in [0.1, 0.15) is 0 Å². The molecule has 0 unspecified atom stereocenters. The number of hydroxylamine groups is 1. The number of benzene rings is 2. The van der Waals surface area contributed by atoms with Crippen LogP contribution in [-0.4, -0.2) is 36.8 Å². The van der Waals surface area contributed by atoms with E-state index in [0.717, 1.165) is 60.9 Å². The van der Waals surface area contributed by atoms with Crippen LogP contribution < -0.4 is 10.8 Å². The Morgan fingerprint density at radius 3 is 2.43 bits per heavy atom. The van der Waals surface area contributed by atoms with E-state index in [9.17, 15) is 9.59 Å². The Hall–Kier alpha value is -3.98. The molecule has 0 spiro atoms. The van der Waals surface area contributed by atoms with Gasteiger partial charge < -0.3 is 9.88 Å². The first kappa shape index (κ1) is 24.2. The number of H-pyrrole nitrogens is 1. The number of unbranched alkanes of at least 4 members (excludes halogenated alkanes) is 4. The summed E-state index contributed by atoms with van der Waals surface area (Å²) < 4.78 is 2.12. The van der Waals surface area contributed by atoms with Crippen LogP contribution in [0.4, 0.5) is 5.82 Å². The largest absolute Gasteiger partial charge is 0.326 e. The molecule has 2 heterocycles. The van der Waals surface area contributed by atoms with Crippen LogP contribution in [0, 0.1) is 0 Å². The Bertz CT molecular complexity index is 1260. The van der Waals surface area contributed by atoms with Gasteiger partial charge in [-0.1, -0.05) is 55.7 Å². The van der Waals surface area contributed by atoms with Gasteiger partial charge in [-0.3, -0.25) is 19.9 Å². The molecule has 0 saturated heterocycles. The van der Waals surface area contributed by atoms with Gasteiger partial charge in [-0.05, 0) is 30.5 Å². The Balaban J connectivity index is 1.28. The van der Waals surface area contributed by atoms with Crippen LogP contribution in [0.25, 0.3) is 22.3 Å². The van der Waals surface area contributed by atoms with Gasteiger partial charge in [-0.15, -0.1) is 0 Å². The SMILES string of the molecule is O=C(CCCCCCCC(=O)Nc1cc(-c2ccc3ncn(Cc4ccccc4)c3c2)[nH]n1)NO. The standard InChI is InChI=1S/C26H30N6O3/c33-25(11-7-2-1-3-8-12-26(34)31-35)28-24-16-22(29-30-24)20-13-14-21-23(15-20)32(18-27-21)17-19-9-5-4-6-10-19/h4-6,9-10,13-16,18,35H,1-3,7-8,11-12,17H2,(H,31,34)(H2,28,29,30,33). The van der Waals surface area contributed by atoms with E-state index in [1.54, 1.807) is 5.48 Å². The van der Waals surface area contributed by atoms with Crippen LogP contribution in [0.3, 0.4) is 0 Å². The topological polar surface area (TPSA) is 125 Å². The normalized spacial score (nSPS) is 11.0. The second kappa shape index (κ2) is 11.9. The average molecular weight is 475 g/mol. The lowest BCUT2D eigenvalue weighted by Gasteiger charge is -2.05. The molecule has 4 aromatic rings. The number of carbonyl (C=O) groups is 2.